The fraction of sp³-hybridized carbons (Fsp3) is 0.500. The van der Waals surface area contributed by atoms with Crippen LogP contribution in [0.5, 0.6) is 0 Å². The predicted molar refractivity (Wildman–Crippen MR) is 51.7 cm³/mol. The molecule has 0 fully saturated rings. The molecule has 2 nitrogen and oxygen atoms in total. The number of rotatable bonds is 4. The smallest absolute Gasteiger partial charge is 0.162 e. The molecule has 0 spiro atoms. The lowest BCUT2D eigenvalue weighted by atomic mass is 10.1. The van der Waals surface area contributed by atoms with Crippen LogP contribution in [-0.2, 0) is 0 Å². The molecule has 0 heterocycles. The molecule has 0 aromatic rings. The Labute approximate surface area is 76.9 Å². The summed E-state index contributed by atoms with van der Waals surface area (Å²) in [4.78, 5) is 7.10. The second-order valence-corrected chi connectivity index (χ2v) is 2.72. The lowest BCUT2D eigenvalue weighted by Gasteiger charge is -2.03. The van der Waals surface area contributed by atoms with E-state index in [1.807, 2.05) is 13.8 Å². The van der Waals surface area contributed by atoms with Gasteiger partial charge in [0, 0.05) is 0 Å². The van der Waals surface area contributed by atoms with Crippen LogP contribution in [0.15, 0.2) is 21.5 Å². The number of halogens is 2. The van der Waals surface area contributed by atoms with E-state index in [2.05, 4.69) is 16.7 Å². The van der Waals surface area contributed by atoms with Crippen LogP contribution in [0.4, 0.5) is 4.39 Å². The Bertz CT molecular complexity index is 209. The van der Waals surface area contributed by atoms with Gasteiger partial charge in [0.05, 0.1) is 11.9 Å². The van der Waals surface area contributed by atoms with Crippen molar-refractivity contribution in [1.29, 1.82) is 0 Å². The number of alkyl halides is 1. The molecule has 0 radical (unpaired) electrons. The molecule has 0 rings (SSSR count). The highest BCUT2D eigenvalue weighted by Crippen LogP contribution is 2.15. The van der Waals surface area contributed by atoms with Crippen molar-refractivity contribution in [1.82, 2.24) is 0 Å². The first-order valence-electron chi connectivity index (χ1n) is 3.55. The summed E-state index contributed by atoms with van der Waals surface area (Å²) >= 11 is 5.24. The summed E-state index contributed by atoms with van der Waals surface area (Å²) in [5.74, 6) is -0.468. The zero-order valence-corrected chi connectivity index (χ0v) is 7.98. The van der Waals surface area contributed by atoms with Gasteiger partial charge in [-0.3, -0.25) is 9.98 Å². The summed E-state index contributed by atoms with van der Waals surface area (Å²) in [6, 6.07) is 0.0515. The van der Waals surface area contributed by atoms with Crippen molar-refractivity contribution in [3.63, 3.8) is 0 Å². The van der Waals surface area contributed by atoms with E-state index >= 15 is 0 Å². The Balaban J connectivity index is 4.60. The summed E-state index contributed by atoms with van der Waals surface area (Å²) in [5, 5.41) is 0. The number of hydrogen-bond acceptors (Lipinski definition) is 2. The molecule has 0 unspecified atom stereocenters. The molecule has 68 valence electrons. The van der Waals surface area contributed by atoms with Crippen LogP contribution < -0.4 is 0 Å². The summed E-state index contributed by atoms with van der Waals surface area (Å²) in [5.41, 5.74) is 0.309. The Hall–Kier alpha value is -0.700. The van der Waals surface area contributed by atoms with Gasteiger partial charge in [-0.05, 0) is 12.6 Å². The first kappa shape index (κ1) is 11.3. The van der Waals surface area contributed by atoms with Crippen LogP contribution in [0.2, 0.25) is 0 Å². The largest absolute Gasteiger partial charge is 0.274 e. The van der Waals surface area contributed by atoms with Crippen molar-refractivity contribution in [2.45, 2.75) is 13.8 Å². The first-order valence-corrected chi connectivity index (χ1v) is 4.09. The van der Waals surface area contributed by atoms with E-state index in [4.69, 9.17) is 11.6 Å². The van der Waals surface area contributed by atoms with Gasteiger partial charge in [0.15, 0.2) is 5.83 Å². The third-order valence-corrected chi connectivity index (χ3v) is 1.37. The maximum atomic E-state index is 13.0. The van der Waals surface area contributed by atoms with E-state index < -0.39 is 5.83 Å². The molecule has 0 saturated carbocycles. The van der Waals surface area contributed by atoms with Crippen molar-refractivity contribution >= 4 is 24.5 Å². The van der Waals surface area contributed by atoms with Crippen LogP contribution in [0, 0.1) is 5.92 Å². The lowest BCUT2D eigenvalue weighted by Crippen LogP contribution is -1.95. The van der Waals surface area contributed by atoms with Crippen LogP contribution in [0.1, 0.15) is 13.8 Å². The van der Waals surface area contributed by atoms with Crippen molar-refractivity contribution in [2.75, 3.05) is 6.00 Å². The van der Waals surface area contributed by atoms with Gasteiger partial charge in [-0.15, -0.1) is 11.6 Å². The fourth-order valence-corrected chi connectivity index (χ4v) is 0.784. The zero-order chi connectivity index (χ0) is 9.56. The molecule has 0 saturated heterocycles. The highest BCUT2D eigenvalue weighted by atomic mass is 35.5. The normalized spacial score (nSPS) is 13.8. The molecule has 0 aliphatic carbocycles. The highest BCUT2D eigenvalue weighted by Gasteiger charge is 2.06. The Kier molecular flexibility index (Phi) is 5.54. The maximum Gasteiger partial charge on any atom is 0.162 e. The van der Waals surface area contributed by atoms with E-state index in [0.29, 0.717) is 5.70 Å². The minimum absolute atomic E-state index is 0.00396. The Morgan fingerprint density at radius 2 is 2.25 bits per heavy atom. The number of hydrogen-bond donors (Lipinski definition) is 0. The third kappa shape index (κ3) is 3.62. The second-order valence-electron chi connectivity index (χ2n) is 2.48. The van der Waals surface area contributed by atoms with Crippen molar-refractivity contribution in [3.05, 3.63) is 11.5 Å². The lowest BCUT2D eigenvalue weighted by molar-refractivity contribution is 0.631. The number of allylic oxidation sites excluding steroid dienone is 2. The predicted octanol–water partition coefficient (Wildman–Crippen LogP) is 2.79. The molecular formula is C8H12ClFN2. The van der Waals surface area contributed by atoms with Crippen LogP contribution >= 0.6 is 11.6 Å². The molecule has 0 aromatic heterocycles. The highest BCUT2D eigenvalue weighted by molar-refractivity contribution is 6.18. The van der Waals surface area contributed by atoms with Gasteiger partial charge in [0.2, 0.25) is 0 Å². The summed E-state index contributed by atoms with van der Waals surface area (Å²) in [6.45, 7) is 6.93. The standard InChI is InChI=1S/C8H12ClFN2/c1-6(2)8(11-3)7(10)4-12-5-9/h4,6H,3,5H2,1-2H3/b8-7+,12-4?. The van der Waals surface area contributed by atoms with Gasteiger partial charge in [-0.1, -0.05) is 13.8 Å². The van der Waals surface area contributed by atoms with Crippen molar-refractivity contribution < 1.29 is 4.39 Å². The Morgan fingerprint density at radius 3 is 2.58 bits per heavy atom. The molecule has 0 aromatic carbocycles. The fourth-order valence-electron chi connectivity index (χ4n) is 0.715. The maximum absolute atomic E-state index is 13.0. The van der Waals surface area contributed by atoms with Gasteiger partial charge in [0.1, 0.15) is 6.00 Å². The van der Waals surface area contributed by atoms with Gasteiger partial charge in [-0.2, -0.15) is 0 Å². The minimum Gasteiger partial charge on any atom is -0.274 e. The summed E-state index contributed by atoms with van der Waals surface area (Å²) in [7, 11) is 0. The van der Waals surface area contributed by atoms with Gasteiger partial charge in [0.25, 0.3) is 0 Å². The molecular weight excluding hydrogens is 179 g/mol. The molecule has 0 aliphatic rings. The topological polar surface area (TPSA) is 24.7 Å². The van der Waals surface area contributed by atoms with Crippen molar-refractivity contribution in [2.24, 2.45) is 15.9 Å². The number of aliphatic imine (C=N–C) groups is 2. The minimum atomic E-state index is -0.472. The second kappa shape index (κ2) is 5.89. The van der Waals surface area contributed by atoms with E-state index in [0.717, 1.165) is 6.21 Å². The van der Waals surface area contributed by atoms with E-state index in [9.17, 15) is 4.39 Å². The Morgan fingerprint density at radius 1 is 1.67 bits per heavy atom. The summed E-state index contributed by atoms with van der Waals surface area (Å²) < 4.78 is 13.0. The molecule has 4 heteroatoms. The van der Waals surface area contributed by atoms with Gasteiger partial charge in [-0.25, -0.2) is 4.39 Å². The average molecular weight is 191 g/mol. The van der Waals surface area contributed by atoms with Crippen molar-refractivity contribution in [3.8, 4) is 0 Å². The van der Waals surface area contributed by atoms with Gasteiger partial charge >= 0.3 is 0 Å². The average Bonchev–Trinajstić information content (AvgIpc) is 2.01. The first-order chi connectivity index (χ1) is 5.63. The van der Waals surface area contributed by atoms with Gasteiger partial charge < -0.3 is 0 Å². The van der Waals surface area contributed by atoms with Crippen LogP contribution in [0.25, 0.3) is 0 Å². The quantitative estimate of drug-likeness (QED) is 0.370. The number of nitrogens with zero attached hydrogens (tertiary/aromatic N) is 2. The monoisotopic (exact) mass is 190 g/mol. The summed E-state index contributed by atoms with van der Waals surface area (Å²) in [6.07, 6.45) is 1.07. The van der Waals surface area contributed by atoms with E-state index in [1.54, 1.807) is 0 Å². The van der Waals surface area contributed by atoms with Crippen LogP contribution in [-0.4, -0.2) is 18.9 Å². The zero-order valence-electron chi connectivity index (χ0n) is 7.22. The SMILES string of the molecule is C=N/C(=C(/F)C=NCCl)C(C)C. The van der Waals surface area contributed by atoms with E-state index in [1.165, 1.54) is 0 Å². The molecule has 0 amide bonds. The third-order valence-electron chi connectivity index (χ3n) is 1.24. The van der Waals surface area contributed by atoms with Crippen LogP contribution in [0.3, 0.4) is 0 Å². The molecule has 0 bridgehead atoms. The molecule has 0 N–H and O–H groups in total. The molecule has 12 heavy (non-hydrogen) atoms. The molecule has 0 aliphatic heterocycles. The molecule has 0 atom stereocenters. The van der Waals surface area contributed by atoms with E-state index in [-0.39, 0.29) is 11.9 Å².